The number of aromatic nitrogens is 2. The van der Waals surface area contributed by atoms with Gasteiger partial charge in [0.15, 0.2) is 5.78 Å². The Morgan fingerprint density at radius 2 is 1.83 bits per heavy atom. The fourth-order valence-electron chi connectivity index (χ4n) is 3.31. The fraction of sp³-hybridized carbons (Fsp3) is 0.200. The number of benzene rings is 1. The zero-order valence-corrected chi connectivity index (χ0v) is 15.9. The van der Waals surface area contributed by atoms with Crippen molar-refractivity contribution in [3.8, 4) is 5.69 Å². The van der Waals surface area contributed by atoms with Crippen LogP contribution in [0.3, 0.4) is 0 Å². The molecule has 0 aliphatic rings. The minimum absolute atomic E-state index is 0.122. The van der Waals surface area contributed by atoms with Crippen LogP contribution in [0, 0.1) is 24.0 Å². The standard InChI is InChI=1S/C20H16F3N3O4/c1-12-9-16(13(2)25(12)14-5-3-6-15(10-14)26(29)30)18(27)11-24-8-4-7-17(19(24)28)20(21,22)23/h3-10H,11H2,1-2H3. The first-order valence-electron chi connectivity index (χ1n) is 8.74. The molecular formula is C20H16F3N3O4. The number of non-ortho nitro benzene ring substituents is 1. The molecule has 30 heavy (non-hydrogen) atoms. The largest absolute Gasteiger partial charge is 0.421 e. The Balaban J connectivity index is 1.98. The second-order valence-corrected chi connectivity index (χ2v) is 6.67. The molecule has 0 aliphatic heterocycles. The quantitative estimate of drug-likeness (QED) is 0.354. The maximum Gasteiger partial charge on any atom is 0.421 e. The normalized spacial score (nSPS) is 11.5. The van der Waals surface area contributed by atoms with Crippen LogP contribution in [-0.2, 0) is 12.7 Å². The van der Waals surface area contributed by atoms with Gasteiger partial charge in [-0.15, -0.1) is 0 Å². The van der Waals surface area contributed by atoms with E-state index in [0.29, 0.717) is 27.7 Å². The number of alkyl halides is 3. The summed E-state index contributed by atoms with van der Waals surface area (Å²) in [5.41, 5.74) is -1.03. The van der Waals surface area contributed by atoms with Gasteiger partial charge in [0.05, 0.1) is 17.2 Å². The van der Waals surface area contributed by atoms with Crippen molar-refractivity contribution in [2.45, 2.75) is 26.6 Å². The van der Waals surface area contributed by atoms with Crippen LogP contribution in [0.5, 0.6) is 0 Å². The van der Waals surface area contributed by atoms with Crippen LogP contribution >= 0.6 is 0 Å². The predicted molar refractivity (Wildman–Crippen MR) is 102 cm³/mol. The molecule has 0 saturated carbocycles. The Kier molecular flexibility index (Phi) is 5.34. The van der Waals surface area contributed by atoms with E-state index in [-0.39, 0.29) is 11.3 Å². The first-order chi connectivity index (χ1) is 14.0. The van der Waals surface area contributed by atoms with Crippen molar-refractivity contribution in [2.24, 2.45) is 0 Å². The van der Waals surface area contributed by atoms with Gasteiger partial charge >= 0.3 is 6.18 Å². The number of pyridine rings is 1. The Hall–Kier alpha value is -3.69. The van der Waals surface area contributed by atoms with Crippen LogP contribution in [-0.4, -0.2) is 19.8 Å². The number of rotatable bonds is 5. The zero-order chi connectivity index (χ0) is 22.2. The number of nitro groups is 1. The third kappa shape index (κ3) is 3.88. The van der Waals surface area contributed by atoms with Gasteiger partial charge in [0.25, 0.3) is 11.2 Å². The van der Waals surface area contributed by atoms with E-state index in [0.717, 1.165) is 12.3 Å². The molecule has 0 N–H and O–H groups in total. The van der Waals surface area contributed by atoms with Crippen molar-refractivity contribution in [1.29, 1.82) is 0 Å². The van der Waals surface area contributed by atoms with Gasteiger partial charge in [-0.1, -0.05) is 6.07 Å². The fourth-order valence-corrected chi connectivity index (χ4v) is 3.31. The molecular weight excluding hydrogens is 403 g/mol. The molecule has 7 nitrogen and oxygen atoms in total. The number of aryl methyl sites for hydroxylation is 1. The summed E-state index contributed by atoms with van der Waals surface area (Å²) in [4.78, 5) is 35.3. The van der Waals surface area contributed by atoms with Crippen molar-refractivity contribution in [1.82, 2.24) is 9.13 Å². The van der Waals surface area contributed by atoms with E-state index in [9.17, 15) is 32.9 Å². The summed E-state index contributed by atoms with van der Waals surface area (Å²) in [5, 5.41) is 11.0. The van der Waals surface area contributed by atoms with Gasteiger partial charge in [0, 0.05) is 35.3 Å². The highest BCUT2D eigenvalue weighted by atomic mass is 19.4. The summed E-state index contributed by atoms with van der Waals surface area (Å²) in [5.74, 6) is -0.554. The second kappa shape index (κ2) is 7.62. The Morgan fingerprint density at radius 1 is 1.13 bits per heavy atom. The molecule has 0 atom stereocenters. The molecule has 0 saturated heterocycles. The summed E-state index contributed by atoms with van der Waals surface area (Å²) >= 11 is 0. The lowest BCUT2D eigenvalue weighted by Crippen LogP contribution is -2.30. The van der Waals surface area contributed by atoms with Crippen molar-refractivity contribution >= 4 is 11.5 Å². The van der Waals surface area contributed by atoms with E-state index in [1.807, 2.05) is 0 Å². The highest BCUT2D eigenvalue weighted by molar-refractivity contribution is 5.97. The van der Waals surface area contributed by atoms with Crippen LogP contribution < -0.4 is 5.56 Å². The molecule has 3 rings (SSSR count). The number of nitro benzene ring substituents is 1. The molecule has 10 heteroatoms. The lowest BCUT2D eigenvalue weighted by Gasteiger charge is -2.11. The van der Waals surface area contributed by atoms with Crippen molar-refractivity contribution < 1.29 is 22.9 Å². The van der Waals surface area contributed by atoms with E-state index >= 15 is 0 Å². The van der Waals surface area contributed by atoms with Gasteiger partial charge in [0.2, 0.25) is 0 Å². The molecule has 1 aromatic carbocycles. The molecule has 3 aromatic rings. The van der Waals surface area contributed by atoms with Crippen LogP contribution in [0.1, 0.15) is 27.3 Å². The SMILES string of the molecule is Cc1cc(C(=O)Cn2cccc(C(F)(F)F)c2=O)c(C)n1-c1cccc([N+](=O)[O-])c1. The lowest BCUT2D eigenvalue weighted by atomic mass is 10.1. The number of nitrogens with zero attached hydrogens (tertiary/aromatic N) is 3. The molecule has 0 amide bonds. The summed E-state index contributed by atoms with van der Waals surface area (Å²) in [7, 11) is 0. The maximum absolute atomic E-state index is 12.9. The van der Waals surface area contributed by atoms with Gasteiger partial charge < -0.3 is 9.13 Å². The number of hydrogen-bond acceptors (Lipinski definition) is 4. The van der Waals surface area contributed by atoms with Crippen molar-refractivity contribution in [3.63, 3.8) is 0 Å². The summed E-state index contributed by atoms with van der Waals surface area (Å²) in [6.07, 6.45) is -3.70. The summed E-state index contributed by atoms with van der Waals surface area (Å²) < 4.78 is 41.2. The molecule has 0 bridgehead atoms. The number of carbonyl (C=O) groups is 1. The molecule has 2 heterocycles. The van der Waals surface area contributed by atoms with Crippen molar-refractivity contribution in [3.05, 3.63) is 91.6 Å². The zero-order valence-electron chi connectivity index (χ0n) is 15.9. The number of ketones is 1. The summed E-state index contributed by atoms with van der Waals surface area (Å²) in [6, 6.07) is 9.10. The van der Waals surface area contributed by atoms with Crippen LogP contribution in [0.2, 0.25) is 0 Å². The average molecular weight is 419 g/mol. The Morgan fingerprint density at radius 3 is 2.47 bits per heavy atom. The molecule has 156 valence electrons. The Labute approximate surface area is 168 Å². The highest BCUT2D eigenvalue weighted by Gasteiger charge is 2.34. The average Bonchev–Trinajstić information content (AvgIpc) is 2.97. The van der Waals surface area contributed by atoms with E-state index < -0.39 is 34.6 Å². The van der Waals surface area contributed by atoms with E-state index in [1.165, 1.54) is 24.3 Å². The number of Topliss-reactive ketones (excluding diaryl/α,β-unsaturated/α-hetero) is 1. The minimum atomic E-state index is -4.82. The first kappa shape index (κ1) is 21.0. The van der Waals surface area contributed by atoms with E-state index in [1.54, 1.807) is 24.5 Å². The number of halogens is 3. The lowest BCUT2D eigenvalue weighted by molar-refractivity contribution is -0.384. The molecule has 0 spiro atoms. The van der Waals surface area contributed by atoms with Crippen LogP contribution in [0.15, 0.2) is 53.5 Å². The summed E-state index contributed by atoms with van der Waals surface area (Å²) in [6.45, 7) is 2.75. The molecule has 0 aliphatic carbocycles. The highest BCUT2D eigenvalue weighted by Crippen LogP contribution is 2.27. The van der Waals surface area contributed by atoms with Gasteiger partial charge in [-0.2, -0.15) is 13.2 Å². The molecule has 0 fully saturated rings. The smallest absolute Gasteiger partial charge is 0.318 e. The number of carbonyl (C=O) groups excluding carboxylic acids is 1. The topological polar surface area (TPSA) is 87.1 Å². The van der Waals surface area contributed by atoms with Gasteiger partial charge in [-0.25, -0.2) is 0 Å². The number of hydrogen-bond donors (Lipinski definition) is 0. The third-order valence-electron chi connectivity index (χ3n) is 4.67. The monoisotopic (exact) mass is 419 g/mol. The molecule has 2 aromatic heterocycles. The predicted octanol–water partition coefficient (Wildman–Crippen LogP) is 4.07. The third-order valence-corrected chi connectivity index (χ3v) is 4.67. The first-order valence-corrected chi connectivity index (χ1v) is 8.74. The van der Waals surface area contributed by atoms with E-state index in [4.69, 9.17) is 0 Å². The minimum Gasteiger partial charge on any atom is -0.318 e. The molecule has 0 unspecified atom stereocenters. The molecule has 0 radical (unpaired) electrons. The Bertz CT molecular complexity index is 1210. The maximum atomic E-state index is 12.9. The van der Waals surface area contributed by atoms with E-state index in [2.05, 4.69) is 0 Å². The van der Waals surface area contributed by atoms with Gasteiger partial charge in [-0.05, 0) is 38.1 Å². The van der Waals surface area contributed by atoms with Gasteiger partial charge in [0.1, 0.15) is 5.56 Å². The van der Waals surface area contributed by atoms with Crippen LogP contribution in [0.25, 0.3) is 5.69 Å². The second-order valence-electron chi connectivity index (χ2n) is 6.67. The van der Waals surface area contributed by atoms with Gasteiger partial charge in [-0.3, -0.25) is 19.7 Å². The van der Waals surface area contributed by atoms with Crippen LogP contribution in [0.4, 0.5) is 18.9 Å². The van der Waals surface area contributed by atoms with Crippen molar-refractivity contribution in [2.75, 3.05) is 0 Å².